The Bertz CT molecular complexity index is 514. The third-order valence-corrected chi connectivity index (χ3v) is 7.91. The molecule has 1 fully saturated rings. The Balaban J connectivity index is 2.53. The lowest BCUT2D eigenvalue weighted by Gasteiger charge is -2.23. The molecule has 152 valence electrons. The maximum atomic E-state index is 13.1. The van der Waals surface area contributed by atoms with Crippen molar-refractivity contribution in [1.29, 1.82) is 0 Å². The number of carbonyl (C=O) groups is 2. The topological polar surface area (TPSA) is 78.5 Å². The molecule has 6 nitrogen and oxygen atoms in total. The van der Waals surface area contributed by atoms with Gasteiger partial charge in [-0.25, -0.2) is 0 Å². The van der Waals surface area contributed by atoms with E-state index in [1.165, 1.54) is 4.90 Å². The highest BCUT2D eigenvalue weighted by atomic mass is 32.2. The van der Waals surface area contributed by atoms with Crippen LogP contribution in [-0.2, 0) is 14.2 Å². The lowest BCUT2D eigenvalue weighted by Crippen LogP contribution is -2.38. The maximum Gasteiger partial charge on any atom is 0.242 e. The second-order valence-electron chi connectivity index (χ2n) is 7.58. The highest BCUT2D eigenvalue weighted by molar-refractivity contribution is 8.01. The largest absolute Gasteiger partial charge is 0.289 e. The van der Waals surface area contributed by atoms with E-state index in [-0.39, 0.29) is 30.0 Å². The van der Waals surface area contributed by atoms with Crippen molar-refractivity contribution in [1.82, 2.24) is 15.1 Å². The number of amides is 2. The Morgan fingerprint density at radius 1 is 1.19 bits per heavy atom. The molecule has 0 aromatic heterocycles. The number of rotatable bonds is 13. The van der Waals surface area contributed by atoms with Crippen LogP contribution in [0.25, 0.3) is 0 Å². The number of hydrogen-bond acceptors (Lipinski definition) is 4. The van der Waals surface area contributed by atoms with E-state index in [0.29, 0.717) is 30.4 Å². The molecule has 1 aliphatic heterocycles. The van der Waals surface area contributed by atoms with Gasteiger partial charge in [-0.1, -0.05) is 41.0 Å². The van der Waals surface area contributed by atoms with Crippen LogP contribution in [0, 0.1) is 5.92 Å². The molecular weight excluding hydrogens is 369 g/mol. The van der Waals surface area contributed by atoms with Gasteiger partial charge in [-0.3, -0.25) is 29.2 Å². The fourth-order valence-corrected chi connectivity index (χ4v) is 6.07. The molecule has 8 heteroatoms. The number of imide groups is 1. The summed E-state index contributed by atoms with van der Waals surface area (Å²) >= 11 is 1.54. The predicted molar refractivity (Wildman–Crippen MR) is 111 cm³/mol. The minimum atomic E-state index is -2.68. The number of nitrogens with one attached hydrogen (secondary N) is 2. The van der Waals surface area contributed by atoms with E-state index in [1.807, 2.05) is 13.8 Å². The third-order valence-electron chi connectivity index (χ3n) is 4.26. The number of thioether (sulfide) groups is 1. The summed E-state index contributed by atoms with van der Waals surface area (Å²) in [6, 6.07) is 0. The molecule has 2 N–H and O–H groups in total. The summed E-state index contributed by atoms with van der Waals surface area (Å²) < 4.78 is 13.1. The number of carbonyl (C=O) groups excluding carboxylic acids is 2. The molecule has 0 aliphatic carbocycles. The summed E-state index contributed by atoms with van der Waals surface area (Å²) in [7, 11) is -2.68. The zero-order chi connectivity index (χ0) is 19.7. The molecule has 0 radical (unpaired) electrons. The molecule has 2 amide bonds. The quantitative estimate of drug-likeness (QED) is 0.361. The normalized spacial score (nSPS) is 20.4. The monoisotopic (exact) mass is 405 g/mol. The fraction of sp³-hybridized carbons (Fsp3) is 0.889. The van der Waals surface area contributed by atoms with Gasteiger partial charge in [-0.2, -0.15) is 0 Å². The van der Waals surface area contributed by atoms with Crippen LogP contribution in [0.2, 0.25) is 0 Å². The van der Waals surface area contributed by atoms with Gasteiger partial charge < -0.3 is 0 Å². The molecule has 2 unspecified atom stereocenters. The van der Waals surface area contributed by atoms with E-state index in [4.69, 9.17) is 0 Å². The molecule has 1 aliphatic rings. The van der Waals surface area contributed by atoms with E-state index in [9.17, 15) is 14.2 Å². The second kappa shape index (κ2) is 11.5. The van der Waals surface area contributed by atoms with E-state index in [0.717, 1.165) is 19.3 Å². The van der Waals surface area contributed by atoms with E-state index in [2.05, 4.69) is 30.9 Å². The van der Waals surface area contributed by atoms with Gasteiger partial charge in [-0.15, -0.1) is 11.8 Å². The lowest BCUT2D eigenvalue weighted by molar-refractivity contribution is -0.138. The molecule has 2 atom stereocenters. The number of hydrogen-bond donors (Lipinski definition) is 2. The molecular formula is C18H36N3O3PS. The Labute approximate surface area is 163 Å². The molecule has 0 saturated carbocycles. The number of nitrogens with zero attached hydrogens (tertiary/aromatic N) is 1. The molecule has 1 rings (SSSR count). The molecule has 1 saturated heterocycles. The van der Waals surface area contributed by atoms with Crippen molar-refractivity contribution in [2.45, 2.75) is 70.8 Å². The maximum absolute atomic E-state index is 13.1. The minimum Gasteiger partial charge on any atom is -0.289 e. The van der Waals surface area contributed by atoms with Crippen LogP contribution >= 0.6 is 19.2 Å². The van der Waals surface area contributed by atoms with Crippen molar-refractivity contribution in [3.8, 4) is 0 Å². The predicted octanol–water partition coefficient (Wildman–Crippen LogP) is 3.47. The van der Waals surface area contributed by atoms with Crippen molar-refractivity contribution >= 4 is 31.0 Å². The Morgan fingerprint density at radius 2 is 1.85 bits per heavy atom. The molecule has 0 spiro atoms. The van der Waals surface area contributed by atoms with Crippen LogP contribution in [0.4, 0.5) is 0 Å². The fourth-order valence-electron chi connectivity index (χ4n) is 2.79. The first-order valence-corrected chi connectivity index (χ1v) is 12.6. The minimum absolute atomic E-state index is 0.105. The van der Waals surface area contributed by atoms with Crippen LogP contribution in [0.1, 0.15) is 60.3 Å². The highest BCUT2D eigenvalue weighted by Gasteiger charge is 2.39. The summed E-state index contributed by atoms with van der Waals surface area (Å²) in [5.41, 5.74) is 0. The van der Waals surface area contributed by atoms with Gasteiger partial charge in [0.1, 0.15) is 0 Å². The van der Waals surface area contributed by atoms with Crippen LogP contribution in [-0.4, -0.2) is 53.0 Å². The average molecular weight is 406 g/mol. The summed E-state index contributed by atoms with van der Waals surface area (Å²) in [6.07, 6.45) is 3.70. The van der Waals surface area contributed by atoms with Gasteiger partial charge in [0.2, 0.25) is 19.3 Å². The molecule has 26 heavy (non-hydrogen) atoms. The Morgan fingerprint density at radius 3 is 2.42 bits per heavy atom. The number of likely N-dealkylation sites (tertiary alicyclic amines) is 1. The Hall–Kier alpha value is -0.360. The second-order valence-corrected chi connectivity index (χ2v) is 11.9. The van der Waals surface area contributed by atoms with Crippen molar-refractivity contribution < 1.29 is 14.2 Å². The standard InChI is InChI=1S/C18H36N3O3PS/c1-6-7-12-25(24,19-9-8-14(2)3)20-10-11-21-17(22)13-16(18(21)23)26-15(4)5/h14-16H,6-13H2,1-5H3,(H2,19,20,24). The summed E-state index contributed by atoms with van der Waals surface area (Å²) in [5, 5.41) is 6.37. The lowest BCUT2D eigenvalue weighted by atomic mass is 10.1. The Kier molecular flexibility index (Phi) is 10.5. The molecule has 0 aromatic carbocycles. The van der Waals surface area contributed by atoms with Gasteiger partial charge >= 0.3 is 0 Å². The van der Waals surface area contributed by atoms with Crippen molar-refractivity contribution in [3.63, 3.8) is 0 Å². The van der Waals surface area contributed by atoms with E-state index < -0.39 is 7.44 Å². The van der Waals surface area contributed by atoms with Crippen LogP contribution in [0.5, 0.6) is 0 Å². The van der Waals surface area contributed by atoms with Crippen molar-refractivity contribution in [3.05, 3.63) is 0 Å². The summed E-state index contributed by atoms with van der Waals surface area (Å²) in [4.78, 5) is 25.9. The summed E-state index contributed by atoms with van der Waals surface area (Å²) in [6.45, 7) is 11.8. The van der Waals surface area contributed by atoms with Gasteiger partial charge in [0, 0.05) is 32.2 Å². The first kappa shape index (κ1) is 23.7. The van der Waals surface area contributed by atoms with E-state index in [1.54, 1.807) is 11.8 Å². The van der Waals surface area contributed by atoms with Crippen LogP contribution in [0.15, 0.2) is 0 Å². The van der Waals surface area contributed by atoms with Crippen molar-refractivity contribution in [2.24, 2.45) is 5.92 Å². The summed E-state index contributed by atoms with van der Waals surface area (Å²) in [5.74, 6) is 0.329. The molecule has 0 bridgehead atoms. The SMILES string of the molecule is CCCCP(=O)(NCCC(C)C)NCCN1C(=O)CC(SC(C)C)C1=O. The first-order chi connectivity index (χ1) is 12.2. The van der Waals surface area contributed by atoms with Gasteiger partial charge in [0.15, 0.2) is 0 Å². The number of unbranched alkanes of at least 4 members (excludes halogenated alkanes) is 1. The van der Waals surface area contributed by atoms with Gasteiger partial charge in [0.25, 0.3) is 0 Å². The first-order valence-electron chi connectivity index (χ1n) is 9.77. The smallest absolute Gasteiger partial charge is 0.242 e. The molecule has 1 heterocycles. The van der Waals surface area contributed by atoms with Gasteiger partial charge in [-0.05, 0) is 24.0 Å². The molecule has 0 aromatic rings. The van der Waals surface area contributed by atoms with E-state index >= 15 is 0 Å². The van der Waals surface area contributed by atoms with Crippen LogP contribution < -0.4 is 10.2 Å². The van der Waals surface area contributed by atoms with Crippen LogP contribution in [0.3, 0.4) is 0 Å². The average Bonchev–Trinajstić information content (AvgIpc) is 2.79. The zero-order valence-electron chi connectivity index (χ0n) is 16.9. The van der Waals surface area contributed by atoms with Crippen molar-refractivity contribution in [2.75, 3.05) is 25.8 Å². The third kappa shape index (κ3) is 8.12. The van der Waals surface area contributed by atoms with Gasteiger partial charge in [0.05, 0.1) is 5.25 Å². The zero-order valence-corrected chi connectivity index (χ0v) is 18.6. The highest BCUT2D eigenvalue weighted by Crippen LogP contribution is 2.37.